The molecule has 6 heteroatoms. The van der Waals surface area contributed by atoms with Crippen LogP contribution in [0.3, 0.4) is 0 Å². The zero-order valence-corrected chi connectivity index (χ0v) is 36.7. The number of carbonyl (C=O) groups is 3. The Hall–Kier alpha value is -2.11. The number of hydrogen-bond donors (Lipinski definition) is 0. The van der Waals surface area contributed by atoms with Crippen LogP contribution >= 0.6 is 0 Å². The normalized spacial score (nSPS) is 12.1. The Bertz CT molecular complexity index is 896. The highest BCUT2D eigenvalue weighted by Crippen LogP contribution is 2.15. The first-order valence-electron chi connectivity index (χ1n) is 23.9. The molecule has 0 aromatic heterocycles. The van der Waals surface area contributed by atoms with Crippen molar-refractivity contribution in [2.75, 3.05) is 13.2 Å². The second-order valence-corrected chi connectivity index (χ2v) is 16.1. The van der Waals surface area contributed by atoms with Crippen molar-refractivity contribution in [1.82, 2.24) is 0 Å². The summed E-state index contributed by atoms with van der Waals surface area (Å²) >= 11 is 0. The van der Waals surface area contributed by atoms with Crippen LogP contribution in [0.4, 0.5) is 0 Å². The van der Waals surface area contributed by atoms with E-state index in [0.29, 0.717) is 19.3 Å². The molecule has 0 radical (unpaired) electrons. The third-order valence-electron chi connectivity index (χ3n) is 10.5. The van der Waals surface area contributed by atoms with E-state index >= 15 is 0 Å². The van der Waals surface area contributed by atoms with E-state index in [9.17, 15) is 14.4 Å². The van der Waals surface area contributed by atoms with Crippen molar-refractivity contribution in [2.24, 2.45) is 0 Å². The molecule has 55 heavy (non-hydrogen) atoms. The molecule has 0 saturated carbocycles. The van der Waals surface area contributed by atoms with Crippen LogP contribution in [0.15, 0.2) is 24.3 Å². The van der Waals surface area contributed by atoms with Crippen LogP contribution in [0.5, 0.6) is 0 Å². The molecule has 0 amide bonds. The highest BCUT2D eigenvalue weighted by molar-refractivity contribution is 5.71. The SMILES string of the molecule is CCCCCCCCC/C=C\C=C/CCCCCC(=O)OCC(COC(=O)CCCCCCCCCCC)OC(=O)CCCCCCCCCCCCCC. The van der Waals surface area contributed by atoms with Crippen molar-refractivity contribution in [3.8, 4) is 0 Å². The van der Waals surface area contributed by atoms with E-state index in [1.54, 1.807) is 0 Å². The van der Waals surface area contributed by atoms with Crippen LogP contribution in [0, 0.1) is 0 Å². The molecule has 0 rings (SSSR count). The Morgan fingerprint density at radius 1 is 0.364 bits per heavy atom. The number of esters is 3. The molecule has 0 aromatic rings. The lowest BCUT2D eigenvalue weighted by atomic mass is 10.0. The molecule has 0 aliphatic carbocycles. The fourth-order valence-corrected chi connectivity index (χ4v) is 6.84. The van der Waals surface area contributed by atoms with Crippen molar-refractivity contribution < 1.29 is 28.6 Å². The molecule has 6 nitrogen and oxygen atoms in total. The van der Waals surface area contributed by atoms with Gasteiger partial charge in [-0.1, -0.05) is 212 Å². The summed E-state index contributed by atoms with van der Waals surface area (Å²) in [5.41, 5.74) is 0. The molecule has 0 N–H and O–H groups in total. The molecule has 1 unspecified atom stereocenters. The fraction of sp³-hybridized carbons (Fsp3) is 0.857. The third kappa shape index (κ3) is 42.9. The molecular weight excluding hydrogens is 685 g/mol. The van der Waals surface area contributed by atoms with Gasteiger partial charge in [-0.15, -0.1) is 0 Å². The zero-order valence-electron chi connectivity index (χ0n) is 36.7. The third-order valence-corrected chi connectivity index (χ3v) is 10.5. The molecular formula is C49H90O6. The van der Waals surface area contributed by atoms with Gasteiger partial charge in [-0.2, -0.15) is 0 Å². The van der Waals surface area contributed by atoms with Gasteiger partial charge in [0.05, 0.1) is 0 Å². The average Bonchev–Trinajstić information content (AvgIpc) is 3.18. The maximum Gasteiger partial charge on any atom is 0.306 e. The molecule has 0 fully saturated rings. The number of rotatable bonds is 43. The highest BCUT2D eigenvalue weighted by Gasteiger charge is 2.19. The van der Waals surface area contributed by atoms with E-state index in [4.69, 9.17) is 14.2 Å². The Kier molecular flexibility index (Phi) is 42.9. The van der Waals surface area contributed by atoms with Crippen LogP contribution in [0.25, 0.3) is 0 Å². The van der Waals surface area contributed by atoms with E-state index in [1.807, 2.05) is 0 Å². The minimum atomic E-state index is -0.773. The van der Waals surface area contributed by atoms with E-state index in [0.717, 1.165) is 70.6 Å². The summed E-state index contributed by atoms with van der Waals surface area (Å²) in [7, 11) is 0. The topological polar surface area (TPSA) is 78.9 Å². The van der Waals surface area contributed by atoms with Gasteiger partial charge in [0.25, 0.3) is 0 Å². The first-order valence-corrected chi connectivity index (χ1v) is 23.9. The number of allylic oxidation sites excluding steroid dienone is 4. The molecule has 0 spiro atoms. The minimum Gasteiger partial charge on any atom is -0.462 e. The van der Waals surface area contributed by atoms with Crippen molar-refractivity contribution in [2.45, 2.75) is 258 Å². The fourth-order valence-electron chi connectivity index (χ4n) is 6.84. The highest BCUT2D eigenvalue weighted by atomic mass is 16.6. The zero-order chi connectivity index (χ0) is 40.1. The van der Waals surface area contributed by atoms with Gasteiger partial charge in [-0.3, -0.25) is 14.4 Å². The smallest absolute Gasteiger partial charge is 0.306 e. The average molecular weight is 775 g/mol. The summed E-state index contributed by atoms with van der Waals surface area (Å²) in [4.78, 5) is 37.7. The van der Waals surface area contributed by atoms with Crippen molar-refractivity contribution >= 4 is 17.9 Å². The molecule has 0 aromatic carbocycles. The Morgan fingerprint density at radius 3 is 0.982 bits per heavy atom. The van der Waals surface area contributed by atoms with Gasteiger partial charge in [0, 0.05) is 19.3 Å². The summed E-state index contributed by atoms with van der Waals surface area (Å²) in [6.07, 6.45) is 48.7. The second-order valence-electron chi connectivity index (χ2n) is 16.1. The first kappa shape index (κ1) is 52.9. The lowest BCUT2D eigenvalue weighted by molar-refractivity contribution is -0.167. The minimum absolute atomic E-state index is 0.0758. The lowest BCUT2D eigenvalue weighted by Gasteiger charge is -2.18. The molecule has 1 atom stereocenters. The van der Waals surface area contributed by atoms with Gasteiger partial charge in [0.15, 0.2) is 6.10 Å². The van der Waals surface area contributed by atoms with Crippen molar-refractivity contribution in [3.05, 3.63) is 24.3 Å². The molecule has 0 saturated heterocycles. The molecule has 0 bridgehead atoms. The van der Waals surface area contributed by atoms with E-state index in [-0.39, 0.29) is 31.1 Å². The Morgan fingerprint density at radius 2 is 0.636 bits per heavy atom. The summed E-state index contributed by atoms with van der Waals surface area (Å²) in [6.45, 7) is 6.59. The maximum absolute atomic E-state index is 12.7. The summed E-state index contributed by atoms with van der Waals surface area (Å²) in [5.74, 6) is -0.898. The quantitative estimate of drug-likeness (QED) is 0.0266. The van der Waals surface area contributed by atoms with E-state index in [2.05, 4.69) is 45.1 Å². The van der Waals surface area contributed by atoms with Crippen LogP contribution < -0.4 is 0 Å². The predicted molar refractivity (Wildman–Crippen MR) is 233 cm³/mol. The number of unbranched alkanes of at least 4 members (excludes halogenated alkanes) is 29. The maximum atomic E-state index is 12.7. The lowest BCUT2D eigenvalue weighted by Crippen LogP contribution is -2.30. The molecule has 0 aliphatic heterocycles. The van der Waals surface area contributed by atoms with Crippen LogP contribution in [0.2, 0.25) is 0 Å². The summed E-state index contributed by atoms with van der Waals surface area (Å²) < 4.78 is 16.7. The summed E-state index contributed by atoms with van der Waals surface area (Å²) in [5, 5.41) is 0. The van der Waals surface area contributed by atoms with Crippen molar-refractivity contribution in [3.63, 3.8) is 0 Å². The predicted octanol–water partition coefficient (Wildman–Crippen LogP) is 15.2. The summed E-state index contributed by atoms with van der Waals surface area (Å²) in [6, 6.07) is 0. The molecule has 0 heterocycles. The van der Waals surface area contributed by atoms with Crippen molar-refractivity contribution in [1.29, 1.82) is 0 Å². The van der Waals surface area contributed by atoms with Gasteiger partial charge in [0.1, 0.15) is 13.2 Å². The Labute approximate surface area is 341 Å². The van der Waals surface area contributed by atoms with Gasteiger partial charge >= 0.3 is 17.9 Å². The largest absolute Gasteiger partial charge is 0.462 e. The standard InChI is InChI=1S/C49H90O6/c1-4-7-10-13-16-19-21-23-24-25-26-28-30-33-36-39-42-48(51)54-45-46(44-53-47(50)41-38-35-32-29-18-15-12-9-6-3)55-49(52)43-40-37-34-31-27-22-20-17-14-11-8-5-2/h24-26,28,46H,4-23,27,29-45H2,1-3H3/b25-24-,28-26-. The number of carbonyl (C=O) groups excluding carboxylic acids is 3. The first-order chi connectivity index (χ1) is 27.0. The Balaban J connectivity index is 4.35. The number of ether oxygens (including phenoxy) is 3. The van der Waals surface area contributed by atoms with Gasteiger partial charge in [-0.05, 0) is 44.9 Å². The van der Waals surface area contributed by atoms with Crippen LogP contribution in [-0.4, -0.2) is 37.2 Å². The van der Waals surface area contributed by atoms with Crippen LogP contribution in [-0.2, 0) is 28.6 Å². The van der Waals surface area contributed by atoms with Gasteiger partial charge in [0.2, 0.25) is 0 Å². The van der Waals surface area contributed by atoms with Gasteiger partial charge < -0.3 is 14.2 Å². The molecule has 322 valence electrons. The van der Waals surface area contributed by atoms with Crippen LogP contribution in [0.1, 0.15) is 252 Å². The van der Waals surface area contributed by atoms with Gasteiger partial charge in [-0.25, -0.2) is 0 Å². The molecule has 0 aliphatic rings. The van der Waals surface area contributed by atoms with E-state index < -0.39 is 6.10 Å². The number of hydrogen-bond acceptors (Lipinski definition) is 6. The monoisotopic (exact) mass is 775 g/mol. The van der Waals surface area contributed by atoms with E-state index in [1.165, 1.54) is 141 Å². The second kappa shape index (κ2) is 44.6.